The van der Waals surface area contributed by atoms with Crippen molar-refractivity contribution >= 4 is 11.9 Å². The number of hydrogen-bond donors (Lipinski definition) is 2. The number of hydrogen-bond acceptors (Lipinski definition) is 3. The fourth-order valence-corrected chi connectivity index (χ4v) is 2.41. The summed E-state index contributed by atoms with van der Waals surface area (Å²) in [4.78, 5) is 24.5. The Hall–Kier alpha value is -1.10. The van der Waals surface area contributed by atoms with Gasteiger partial charge < -0.3 is 15.7 Å². The molecule has 1 saturated carbocycles. The molecule has 0 aromatic rings. The average Bonchev–Trinajstić information content (AvgIpc) is 2.78. The van der Waals surface area contributed by atoms with Gasteiger partial charge in [-0.3, -0.25) is 9.59 Å². The molecule has 0 aromatic heterocycles. The van der Waals surface area contributed by atoms with Gasteiger partial charge in [0.1, 0.15) is 6.54 Å². The van der Waals surface area contributed by atoms with Crippen LogP contribution in [0.25, 0.3) is 0 Å². The molecule has 1 rings (SSSR count). The minimum absolute atomic E-state index is 0.0650. The first-order valence-electron chi connectivity index (χ1n) is 6.28. The van der Waals surface area contributed by atoms with E-state index in [1.165, 1.54) is 4.90 Å². The van der Waals surface area contributed by atoms with Crippen molar-refractivity contribution < 1.29 is 14.7 Å². The van der Waals surface area contributed by atoms with Crippen LogP contribution >= 0.6 is 0 Å². The van der Waals surface area contributed by atoms with Crippen LogP contribution in [0.2, 0.25) is 0 Å². The Kier molecular flexibility index (Phi) is 5.41. The van der Waals surface area contributed by atoms with Crippen LogP contribution < -0.4 is 5.73 Å². The first-order chi connectivity index (χ1) is 8.06. The molecule has 1 atom stereocenters. The SMILES string of the molecule is CC(CCN)C(=O)N(CC(=O)O)C1CCCC1. The largest absolute Gasteiger partial charge is 0.480 e. The molecule has 1 aliphatic rings. The third-order valence-electron chi connectivity index (χ3n) is 3.38. The predicted molar refractivity (Wildman–Crippen MR) is 64.4 cm³/mol. The number of nitrogens with zero attached hydrogens (tertiary/aromatic N) is 1. The summed E-state index contributed by atoms with van der Waals surface area (Å²) < 4.78 is 0. The van der Waals surface area contributed by atoms with Crippen molar-refractivity contribution in [3.63, 3.8) is 0 Å². The Morgan fingerprint density at radius 1 is 1.41 bits per heavy atom. The molecule has 98 valence electrons. The van der Waals surface area contributed by atoms with E-state index in [-0.39, 0.29) is 24.4 Å². The van der Waals surface area contributed by atoms with Crippen LogP contribution in [0.1, 0.15) is 39.0 Å². The van der Waals surface area contributed by atoms with Crippen LogP contribution in [-0.4, -0.2) is 41.0 Å². The second-order valence-electron chi connectivity index (χ2n) is 4.78. The van der Waals surface area contributed by atoms with Crippen LogP contribution in [0, 0.1) is 5.92 Å². The molecule has 1 fully saturated rings. The van der Waals surface area contributed by atoms with Gasteiger partial charge in [0.25, 0.3) is 0 Å². The monoisotopic (exact) mass is 242 g/mol. The van der Waals surface area contributed by atoms with Gasteiger partial charge in [0, 0.05) is 12.0 Å². The molecule has 0 bridgehead atoms. The number of carbonyl (C=O) groups excluding carboxylic acids is 1. The molecule has 0 heterocycles. The fourth-order valence-electron chi connectivity index (χ4n) is 2.41. The molecule has 3 N–H and O–H groups in total. The van der Waals surface area contributed by atoms with Crippen LogP contribution in [0.3, 0.4) is 0 Å². The molecule has 5 heteroatoms. The maximum Gasteiger partial charge on any atom is 0.323 e. The van der Waals surface area contributed by atoms with Crippen molar-refractivity contribution in [2.24, 2.45) is 11.7 Å². The Labute approximate surface area is 102 Å². The zero-order chi connectivity index (χ0) is 12.8. The summed E-state index contributed by atoms with van der Waals surface area (Å²) in [6.45, 7) is 2.09. The van der Waals surface area contributed by atoms with Crippen molar-refractivity contribution in [2.75, 3.05) is 13.1 Å². The number of carboxylic acid groups (broad SMARTS) is 1. The summed E-state index contributed by atoms with van der Waals surface area (Å²) >= 11 is 0. The minimum Gasteiger partial charge on any atom is -0.480 e. The third kappa shape index (κ3) is 4.00. The number of amides is 1. The highest BCUT2D eigenvalue weighted by molar-refractivity contribution is 5.83. The van der Waals surface area contributed by atoms with Crippen molar-refractivity contribution in [2.45, 2.75) is 45.1 Å². The number of aliphatic carboxylic acids is 1. The lowest BCUT2D eigenvalue weighted by atomic mass is 10.0. The lowest BCUT2D eigenvalue weighted by Crippen LogP contribution is -2.45. The second-order valence-corrected chi connectivity index (χ2v) is 4.78. The summed E-state index contributed by atoms with van der Waals surface area (Å²) in [5.74, 6) is -1.19. The van der Waals surface area contributed by atoms with Crippen molar-refractivity contribution in [1.29, 1.82) is 0 Å². The van der Waals surface area contributed by atoms with E-state index < -0.39 is 5.97 Å². The summed E-state index contributed by atoms with van der Waals surface area (Å²) in [7, 11) is 0. The summed E-state index contributed by atoms with van der Waals surface area (Å²) in [5.41, 5.74) is 5.44. The molecular weight excluding hydrogens is 220 g/mol. The highest BCUT2D eigenvalue weighted by Gasteiger charge is 2.30. The van der Waals surface area contributed by atoms with Gasteiger partial charge >= 0.3 is 5.97 Å². The van der Waals surface area contributed by atoms with Crippen molar-refractivity contribution in [1.82, 2.24) is 4.90 Å². The number of carbonyl (C=O) groups is 2. The molecule has 0 saturated heterocycles. The van der Waals surface area contributed by atoms with E-state index >= 15 is 0 Å². The van der Waals surface area contributed by atoms with Gasteiger partial charge in [-0.1, -0.05) is 19.8 Å². The van der Waals surface area contributed by atoms with E-state index in [9.17, 15) is 9.59 Å². The van der Waals surface area contributed by atoms with Gasteiger partial charge in [0.2, 0.25) is 5.91 Å². The molecule has 17 heavy (non-hydrogen) atoms. The zero-order valence-electron chi connectivity index (χ0n) is 10.4. The average molecular weight is 242 g/mol. The number of carboxylic acids is 1. The van der Waals surface area contributed by atoms with E-state index in [2.05, 4.69) is 0 Å². The minimum atomic E-state index is -0.940. The van der Waals surface area contributed by atoms with Crippen LogP contribution in [0.15, 0.2) is 0 Å². The maximum atomic E-state index is 12.2. The van der Waals surface area contributed by atoms with Gasteiger partial charge in [-0.15, -0.1) is 0 Å². The smallest absolute Gasteiger partial charge is 0.323 e. The molecule has 5 nitrogen and oxygen atoms in total. The lowest BCUT2D eigenvalue weighted by molar-refractivity contribution is -0.148. The highest BCUT2D eigenvalue weighted by Crippen LogP contribution is 2.25. The van der Waals surface area contributed by atoms with Crippen LogP contribution in [0.5, 0.6) is 0 Å². The Balaban J connectivity index is 2.67. The second kappa shape index (κ2) is 6.59. The molecule has 0 aliphatic heterocycles. The molecule has 1 aliphatic carbocycles. The molecule has 0 aromatic carbocycles. The van der Waals surface area contributed by atoms with Crippen LogP contribution in [-0.2, 0) is 9.59 Å². The van der Waals surface area contributed by atoms with E-state index in [1.807, 2.05) is 6.92 Å². The fraction of sp³-hybridized carbons (Fsp3) is 0.833. The molecular formula is C12H22N2O3. The number of rotatable bonds is 6. The summed E-state index contributed by atoms with van der Waals surface area (Å²) in [6, 6.07) is 0.110. The lowest BCUT2D eigenvalue weighted by Gasteiger charge is -2.29. The highest BCUT2D eigenvalue weighted by atomic mass is 16.4. The van der Waals surface area contributed by atoms with Gasteiger partial charge in [-0.05, 0) is 25.8 Å². The molecule has 0 spiro atoms. The van der Waals surface area contributed by atoms with Gasteiger partial charge in [-0.2, -0.15) is 0 Å². The molecule has 0 radical (unpaired) electrons. The first-order valence-corrected chi connectivity index (χ1v) is 6.28. The molecule has 1 amide bonds. The van der Waals surface area contributed by atoms with Gasteiger partial charge in [-0.25, -0.2) is 0 Å². The number of nitrogens with two attached hydrogens (primary N) is 1. The topological polar surface area (TPSA) is 83.6 Å². The van der Waals surface area contributed by atoms with Gasteiger partial charge in [0.05, 0.1) is 0 Å². The normalized spacial score (nSPS) is 18.0. The zero-order valence-corrected chi connectivity index (χ0v) is 10.4. The van der Waals surface area contributed by atoms with Gasteiger partial charge in [0.15, 0.2) is 0 Å². The predicted octanol–water partition coefficient (Wildman–Crippen LogP) is 0.827. The van der Waals surface area contributed by atoms with E-state index in [1.54, 1.807) is 0 Å². The maximum absolute atomic E-state index is 12.2. The molecule has 1 unspecified atom stereocenters. The Morgan fingerprint density at radius 2 is 2.00 bits per heavy atom. The van der Waals surface area contributed by atoms with E-state index in [0.29, 0.717) is 13.0 Å². The standard InChI is InChI=1S/C12H22N2O3/c1-9(6-7-13)12(17)14(8-11(15)16)10-4-2-3-5-10/h9-10H,2-8,13H2,1H3,(H,15,16). The summed E-state index contributed by atoms with van der Waals surface area (Å²) in [6.07, 6.45) is 4.63. The first kappa shape index (κ1) is 14.0. The third-order valence-corrected chi connectivity index (χ3v) is 3.38. The summed E-state index contributed by atoms with van der Waals surface area (Å²) in [5, 5.41) is 8.89. The van der Waals surface area contributed by atoms with Crippen molar-refractivity contribution in [3.8, 4) is 0 Å². The Bertz CT molecular complexity index is 275. The Morgan fingerprint density at radius 3 is 2.47 bits per heavy atom. The van der Waals surface area contributed by atoms with E-state index in [4.69, 9.17) is 10.8 Å². The van der Waals surface area contributed by atoms with Crippen LogP contribution in [0.4, 0.5) is 0 Å². The van der Waals surface area contributed by atoms with Crippen molar-refractivity contribution in [3.05, 3.63) is 0 Å². The van der Waals surface area contributed by atoms with E-state index in [0.717, 1.165) is 25.7 Å². The quantitative estimate of drug-likeness (QED) is 0.722.